The lowest BCUT2D eigenvalue weighted by molar-refractivity contribution is -0.131. The van der Waals surface area contributed by atoms with Crippen molar-refractivity contribution in [2.75, 3.05) is 27.2 Å². The van der Waals surface area contributed by atoms with Gasteiger partial charge in [0.15, 0.2) is 0 Å². The van der Waals surface area contributed by atoms with Gasteiger partial charge in [-0.3, -0.25) is 4.79 Å². The summed E-state index contributed by atoms with van der Waals surface area (Å²) in [5.74, 6) is -0.374. The molecule has 0 aromatic heterocycles. The maximum atomic E-state index is 12.6. The van der Waals surface area contributed by atoms with Crippen LogP contribution >= 0.6 is 0 Å². The van der Waals surface area contributed by atoms with Gasteiger partial charge in [-0.1, -0.05) is 24.3 Å². The predicted octanol–water partition coefficient (Wildman–Crippen LogP) is 2.62. The van der Waals surface area contributed by atoms with Crippen molar-refractivity contribution < 1.29 is 13.2 Å². The van der Waals surface area contributed by atoms with Gasteiger partial charge >= 0.3 is 0 Å². The van der Waals surface area contributed by atoms with Crippen molar-refractivity contribution in [1.82, 2.24) is 9.21 Å². The fourth-order valence-electron chi connectivity index (χ4n) is 2.97. The molecule has 24 heavy (non-hydrogen) atoms. The second-order valence-corrected chi connectivity index (χ2v) is 8.77. The smallest absolute Gasteiger partial charge is 0.223 e. The summed E-state index contributed by atoms with van der Waals surface area (Å²) in [4.78, 5) is 14.4. The summed E-state index contributed by atoms with van der Waals surface area (Å²) in [6.45, 7) is 8.78. The summed E-state index contributed by atoms with van der Waals surface area (Å²) in [7, 11) is -0.394. The molecule has 1 amide bonds. The third kappa shape index (κ3) is 4.57. The van der Waals surface area contributed by atoms with Crippen molar-refractivity contribution in [1.29, 1.82) is 0 Å². The van der Waals surface area contributed by atoms with Gasteiger partial charge in [0.2, 0.25) is 15.9 Å². The van der Waals surface area contributed by atoms with E-state index in [1.165, 1.54) is 18.4 Å². The van der Waals surface area contributed by atoms with E-state index in [0.29, 0.717) is 13.1 Å². The van der Waals surface area contributed by atoms with E-state index in [1.54, 1.807) is 11.8 Å². The van der Waals surface area contributed by atoms with Crippen LogP contribution in [0.5, 0.6) is 0 Å². The second kappa shape index (κ2) is 8.62. The van der Waals surface area contributed by atoms with Crippen molar-refractivity contribution >= 4 is 15.9 Å². The molecule has 136 valence electrons. The molecule has 1 rings (SSSR count). The van der Waals surface area contributed by atoms with Crippen molar-refractivity contribution in [3.05, 3.63) is 35.4 Å². The first-order valence-corrected chi connectivity index (χ1v) is 9.91. The molecular weight excluding hydrogens is 324 g/mol. The summed E-state index contributed by atoms with van der Waals surface area (Å²) in [5.41, 5.74) is 1.94. The molecule has 0 heterocycles. The Morgan fingerprint density at radius 1 is 1.12 bits per heavy atom. The minimum Gasteiger partial charge on any atom is -0.343 e. The molecule has 0 fully saturated rings. The van der Waals surface area contributed by atoms with Crippen LogP contribution in [0.4, 0.5) is 0 Å². The molecule has 0 saturated carbocycles. The third-order valence-corrected chi connectivity index (χ3v) is 6.93. The van der Waals surface area contributed by atoms with E-state index in [1.807, 2.05) is 45.0 Å². The van der Waals surface area contributed by atoms with Crippen molar-refractivity contribution in [3.63, 3.8) is 0 Å². The summed E-state index contributed by atoms with van der Waals surface area (Å²) in [6.07, 6.45) is 0.195. The van der Waals surface area contributed by atoms with Gasteiger partial charge in [0, 0.05) is 39.5 Å². The number of benzene rings is 1. The highest BCUT2D eigenvalue weighted by molar-refractivity contribution is 7.89. The highest BCUT2D eigenvalue weighted by Gasteiger charge is 2.34. The lowest BCUT2D eigenvalue weighted by atomic mass is 9.89. The molecular formula is C18H30N2O3S. The Morgan fingerprint density at radius 2 is 1.67 bits per heavy atom. The number of carbonyl (C=O) groups is 1. The minimum atomic E-state index is -3.46. The van der Waals surface area contributed by atoms with Crippen LogP contribution in [-0.2, 0) is 14.8 Å². The van der Waals surface area contributed by atoms with Gasteiger partial charge in [0.1, 0.15) is 0 Å². The highest BCUT2D eigenvalue weighted by Crippen LogP contribution is 2.31. The Bertz CT molecular complexity index is 652. The number of hydrogen-bond acceptors (Lipinski definition) is 3. The Labute approximate surface area is 146 Å². The zero-order valence-electron chi connectivity index (χ0n) is 15.6. The SMILES string of the molecule is CCN(CC)C(=O)C[C@H](c1ccccc1C)[C@H](C)S(=O)(=O)N(C)C. The number of carbonyl (C=O) groups excluding carboxylic acids is 1. The number of rotatable bonds is 8. The van der Waals surface area contributed by atoms with Crippen LogP contribution in [0, 0.1) is 6.92 Å². The largest absolute Gasteiger partial charge is 0.343 e. The molecule has 0 radical (unpaired) electrons. The molecule has 6 heteroatoms. The fraction of sp³-hybridized carbons (Fsp3) is 0.611. The molecule has 1 aromatic rings. The molecule has 0 saturated heterocycles. The summed E-state index contributed by atoms with van der Waals surface area (Å²) in [5, 5.41) is -0.673. The van der Waals surface area contributed by atoms with Crippen molar-refractivity contribution in [2.24, 2.45) is 0 Å². The molecule has 0 aliphatic carbocycles. The quantitative estimate of drug-likeness (QED) is 0.721. The molecule has 0 N–H and O–H groups in total. The lowest BCUT2D eigenvalue weighted by Crippen LogP contribution is -2.39. The monoisotopic (exact) mass is 354 g/mol. The Balaban J connectivity index is 3.28. The summed E-state index contributed by atoms with van der Waals surface area (Å²) >= 11 is 0. The molecule has 1 aromatic carbocycles. The van der Waals surface area contributed by atoms with E-state index in [0.717, 1.165) is 11.1 Å². The molecule has 0 aliphatic rings. The van der Waals surface area contributed by atoms with Gasteiger partial charge in [-0.05, 0) is 38.8 Å². The summed E-state index contributed by atoms with van der Waals surface area (Å²) in [6, 6.07) is 7.70. The van der Waals surface area contributed by atoms with Crippen LogP contribution in [0.3, 0.4) is 0 Å². The zero-order chi connectivity index (χ0) is 18.5. The zero-order valence-corrected chi connectivity index (χ0v) is 16.4. The molecule has 0 spiro atoms. The number of sulfonamides is 1. The number of nitrogens with zero attached hydrogens (tertiary/aromatic N) is 2. The maximum absolute atomic E-state index is 12.6. The van der Waals surface area contributed by atoms with Crippen LogP contribution < -0.4 is 0 Å². The molecule has 5 nitrogen and oxygen atoms in total. The third-order valence-electron chi connectivity index (χ3n) is 4.64. The second-order valence-electron chi connectivity index (χ2n) is 6.27. The normalized spacial score (nSPS) is 14.5. The van der Waals surface area contributed by atoms with E-state index in [4.69, 9.17) is 0 Å². The molecule has 0 aliphatic heterocycles. The van der Waals surface area contributed by atoms with E-state index in [9.17, 15) is 13.2 Å². The Morgan fingerprint density at radius 3 is 2.12 bits per heavy atom. The average Bonchev–Trinajstić information content (AvgIpc) is 2.53. The fourth-order valence-corrected chi connectivity index (χ4v) is 4.29. The standard InChI is InChI=1S/C18H30N2O3S/c1-7-20(8-2)18(21)13-17(15(4)24(22,23)19(5)6)16-12-10-9-11-14(16)3/h9-12,15,17H,7-8,13H2,1-6H3/t15-,17-/m0/s1. The van der Waals surface area contributed by atoms with Crippen LogP contribution in [0.1, 0.15) is 44.2 Å². The average molecular weight is 355 g/mol. The number of amides is 1. The van der Waals surface area contributed by atoms with Crippen LogP contribution in [0.15, 0.2) is 24.3 Å². The van der Waals surface area contributed by atoms with Gasteiger partial charge in [0.25, 0.3) is 0 Å². The van der Waals surface area contributed by atoms with E-state index in [-0.39, 0.29) is 18.2 Å². The van der Waals surface area contributed by atoms with E-state index in [2.05, 4.69) is 0 Å². The molecule has 2 atom stereocenters. The van der Waals surface area contributed by atoms with Crippen LogP contribution in [0.2, 0.25) is 0 Å². The van der Waals surface area contributed by atoms with Crippen molar-refractivity contribution in [2.45, 2.75) is 45.3 Å². The Hall–Kier alpha value is -1.40. The van der Waals surface area contributed by atoms with E-state index >= 15 is 0 Å². The van der Waals surface area contributed by atoms with Gasteiger partial charge in [0.05, 0.1) is 5.25 Å². The van der Waals surface area contributed by atoms with Gasteiger partial charge < -0.3 is 4.90 Å². The van der Waals surface area contributed by atoms with Crippen LogP contribution in [-0.4, -0.2) is 56.0 Å². The minimum absolute atomic E-state index is 0.00550. The Kier molecular flexibility index (Phi) is 7.42. The highest BCUT2D eigenvalue weighted by atomic mass is 32.2. The van der Waals surface area contributed by atoms with E-state index < -0.39 is 15.3 Å². The van der Waals surface area contributed by atoms with Crippen molar-refractivity contribution in [3.8, 4) is 0 Å². The number of aryl methyl sites for hydroxylation is 1. The van der Waals surface area contributed by atoms with Gasteiger partial charge in [-0.15, -0.1) is 0 Å². The molecule has 0 bridgehead atoms. The lowest BCUT2D eigenvalue weighted by Gasteiger charge is -2.29. The van der Waals surface area contributed by atoms with Gasteiger partial charge in [-0.25, -0.2) is 12.7 Å². The first-order chi connectivity index (χ1) is 11.2. The topological polar surface area (TPSA) is 57.7 Å². The van der Waals surface area contributed by atoms with Crippen LogP contribution in [0.25, 0.3) is 0 Å². The number of hydrogen-bond donors (Lipinski definition) is 0. The first kappa shape index (κ1) is 20.6. The maximum Gasteiger partial charge on any atom is 0.223 e. The summed E-state index contributed by atoms with van der Waals surface area (Å²) < 4.78 is 26.5. The first-order valence-electron chi connectivity index (χ1n) is 8.41. The molecule has 0 unspecified atom stereocenters. The predicted molar refractivity (Wildman–Crippen MR) is 98.5 cm³/mol. The van der Waals surface area contributed by atoms with Gasteiger partial charge in [-0.2, -0.15) is 0 Å².